The average Bonchev–Trinajstić information content (AvgIpc) is 2.34. The third-order valence-corrected chi connectivity index (χ3v) is 3.16. The Balaban J connectivity index is 4.08. The second-order valence-electron chi connectivity index (χ2n) is 3.69. The zero-order valence-corrected chi connectivity index (χ0v) is 11.5. The Labute approximate surface area is 115 Å². The molecule has 1 unspecified atom stereocenters. The van der Waals surface area contributed by atoms with Gasteiger partial charge in [-0.25, -0.2) is 14.4 Å². The molecule has 0 aromatic carbocycles. The summed E-state index contributed by atoms with van der Waals surface area (Å²) in [6.45, 7) is 2.07. The van der Waals surface area contributed by atoms with Gasteiger partial charge in [-0.05, 0) is 17.9 Å². The molecule has 0 aromatic heterocycles. The maximum Gasteiger partial charge on any atom is 0.345 e. The molecule has 0 aromatic rings. The number of rotatable bonds is 10. The summed E-state index contributed by atoms with van der Waals surface area (Å²) in [5, 5.41) is 17.2. The van der Waals surface area contributed by atoms with E-state index in [0.29, 0.717) is 17.9 Å². The molecule has 6 nitrogen and oxygen atoms in total. The average molecular weight is 290 g/mol. The van der Waals surface area contributed by atoms with Gasteiger partial charge in [-0.3, -0.25) is 0 Å². The van der Waals surface area contributed by atoms with Crippen molar-refractivity contribution in [3.8, 4) is 0 Å². The van der Waals surface area contributed by atoms with E-state index < -0.39 is 24.0 Å². The second kappa shape index (κ2) is 10.4. The van der Waals surface area contributed by atoms with Crippen molar-refractivity contribution < 1.29 is 29.3 Å². The highest BCUT2D eigenvalue weighted by atomic mass is 32.2. The lowest BCUT2D eigenvalue weighted by Crippen LogP contribution is -2.27. The Kier molecular flexibility index (Phi) is 9.60. The number of carbonyl (C=O) groups excluding carboxylic acids is 1. The van der Waals surface area contributed by atoms with Crippen LogP contribution >= 0.6 is 11.8 Å². The van der Waals surface area contributed by atoms with Crippen LogP contribution in [0.25, 0.3) is 0 Å². The third-order valence-electron chi connectivity index (χ3n) is 2.06. The second-order valence-corrected chi connectivity index (χ2v) is 4.91. The maximum atomic E-state index is 11.2. The standard InChI is InChI=1S/C12H18O6S/c1-2-3-7-19-8-6-9(12(16)17)18-11(15)5-4-10(13)14/h4-5,9H,2-3,6-8H2,1H3,(H,13,14)(H,16,17). The predicted octanol–water partition coefficient (Wildman–Crippen LogP) is 1.55. The van der Waals surface area contributed by atoms with Crippen molar-refractivity contribution in [1.29, 1.82) is 0 Å². The van der Waals surface area contributed by atoms with Crippen molar-refractivity contribution in [3.63, 3.8) is 0 Å². The number of ether oxygens (including phenoxy) is 1. The van der Waals surface area contributed by atoms with Gasteiger partial charge in [0, 0.05) is 18.6 Å². The van der Waals surface area contributed by atoms with Crippen LogP contribution in [0.4, 0.5) is 0 Å². The first kappa shape index (κ1) is 17.5. The minimum Gasteiger partial charge on any atom is -0.479 e. The van der Waals surface area contributed by atoms with Crippen molar-refractivity contribution in [2.45, 2.75) is 32.3 Å². The zero-order valence-electron chi connectivity index (χ0n) is 10.7. The summed E-state index contributed by atoms with van der Waals surface area (Å²) in [7, 11) is 0. The molecule has 0 aliphatic carbocycles. The molecule has 0 spiro atoms. The van der Waals surface area contributed by atoms with Crippen molar-refractivity contribution >= 4 is 29.7 Å². The van der Waals surface area contributed by atoms with Crippen molar-refractivity contribution in [2.75, 3.05) is 11.5 Å². The quantitative estimate of drug-likeness (QED) is 0.357. The molecule has 0 saturated carbocycles. The van der Waals surface area contributed by atoms with E-state index in [1.807, 2.05) is 0 Å². The van der Waals surface area contributed by atoms with Crippen LogP contribution < -0.4 is 0 Å². The number of carboxylic acids is 2. The van der Waals surface area contributed by atoms with E-state index in [1.54, 1.807) is 11.8 Å². The van der Waals surface area contributed by atoms with E-state index in [-0.39, 0.29) is 6.42 Å². The molecular weight excluding hydrogens is 272 g/mol. The zero-order chi connectivity index (χ0) is 14.7. The Morgan fingerprint density at radius 1 is 1.21 bits per heavy atom. The largest absolute Gasteiger partial charge is 0.479 e. The molecule has 19 heavy (non-hydrogen) atoms. The Bertz CT molecular complexity index is 339. The topological polar surface area (TPSA) is 101 Å². The smallest absolute Gasteiger partial charge is 0.345 e. The Hall–Kier alpha value is -1.50. The fraction of sp³-hybridized carbons (Fsp3) is 0.583. The van der Waals surface area contributed by atoms with Crippen LogP contribution in [0.5, 0.6) is 0 Å². The van der Waals surface area contributed by atoms with Crippen LogP contribution in [0.15, 0.2) is 12.2 Å². The first-order valence-corrected chi connectivity index (χ1v) is 7.05. The fourth-order valence-electron chi connectivity index (χ4n) is 1.09. The number of carboxylic acid groups (broad SMARTS) is 2. The van der Waals surface area contributed by atoms with Gasteiger partial charge in [0.2, 0.25) is 0 Å². The number of hydrogen-bond acceptors (Lipinski definition) is 5. The molecule has 7 heteroatoms. The molecular formula is C12H18O6S. The summed E-state index contributed by atoms with van der Waals surface area (Å²) in [5.41, 5.74) is 0. The van der Waals surface area contributed by atoms with Crippen LogP contribution in [-0.2, 0) is 19.1 Å². The monoisotopic (exact) mass is 290 g/mol. The summed E-state index contributed by atoms with van der Waals surface area (Å²) in [6, 6.07) is 0. The van der Waals surface area contributed by atoms with Gasteiger partial charge < -0.3 is 14.9 Å². The van der Waals surface area contributed by atoms with Crippen LogP contribution in [0.2, 0.25) is 0 Å². The SMILES string of the molecule is CCCCSCCC(OC(=O)C=CC(=O)O)C(=O)O. The van der Waals surface area contributed by atoms with Crippen LogP contribution in [-0.4, -0.2) is 45.7 Å². The summed E-state index contributed by atoms with van der Waals surface area (Å²) in [6.07, 6.45) is 2.41. The van der Waals surface area contributed by atoms with Crippen molar-refractivity contribution in [3.05, 3.63) is 12.2 Å². The van der Waals surface area contributed by atoms with Crippen molar-refractivity contribution in [2.24, 2.45) is 0 Å². The summed E-state index contributed by atoms with van der Waals surface area (Å²) in [4.78, 5) is 32.2. The van der Waals surface area contributed by atoms with E-state index in [2.05, 4.69) is 11.7 Å². The van der Waals surface area contributed by atoms with Gasteiger partial charge in [0.1, 0.15) is 0 Å². The number of thioether (sulfide) groups is 1. The van der Waals surface area contributed by atoms with Gasteiger partial charge in [-0.1, -0.05) is 13.3 Å². The van der Waals surface area contributed by atoms with E-state index in [0.717, 1.165) is 18.6 Å². The fourth-order valence-corrected chi connectivity index (χ4v) is 2.17. The van der Waals surface area contributed by atoms with Gasteiger partial charge in [0.25, 0.3) is 0 Å². The molecule has 0 aliphatic heterocycles. The lowest BCUT2D eigenvalue weighted by atomic mass is 10.3. The minimum atomic E-state index is -1.29. The summed E-state index contributed by atoms with van der Waals surface area (Å²) >= 11 is 1.60. The van der Waals surface area contributed by atoms with E-state index in [9.17, 15) is 14.4 Å². The van der Waals surface area contributed by atoms with Gasteiger partial charge in [-0.2, -0.15) is 11.8 Å². The highest BCUT2D eigenvalue weighted by Crippen LogP contribution is 2.10. The van der Waals surface area contributed by atoms with E-state index in [4.69, 9.17) is 10.2 Å². The summed E-state index contributed by atoms with van der Waals surface area (Å²) < 4.78 is 4.67. The summed E-state index contributed by atoms with van der Waals surface area (Å²) in [5.74, 6) is -1.97. The maximum absolute atomic E-state index is 11.2. The molecule has 0 aliphatic rings. The van der Waals surface area contributed by atoms with Gasteiger partial charge in [0.05, 0.1) is 0 Å². The van der Waals surface area contributed by atoms with Gasteiger partial charge >= 0.3 is 17.9 Å². The third kappa shape index (κ3) is 10.1. The van der Waals surface area contributed by atoms with Crippen molar-refractivity contribution in [1.82, 2.24) is 0 Å². The first-order chi connectivity index (χ1) is 8.97. The number of aliphatic carboxylic acids is 2. The molecule has 0 rings (SSSR count). The molecule has 0 saturated heterocycles. The number of unbranched alkanes of at least 4 members (excludes halogenated alkanes) is 1. The number of esters is 1. The highest BCUT2D eigenvalue weighted by Gasteiger charge is 2.20. The normalized spacial score (nSPS) is 12.3. The molecule has 2 N–H and O–H groups in total. The highest BCUT2D eigenvalue weighted by molar-refractivity contribution is 7.99. The van der Waals surface area contributed by atoms with Crippen LogP contribution in [0, 0.1) is 0 Å². The molecule has 0 radical (unpaired) electrons. The molecule has 0 fully saturated rings. The minimum absolute atomic E-state index is 0.205. The molecule has 0 heterocycles. The lowest BCUT2D eigenvalue weighted by molar-refractivity contribution is -0.160. The van der Waals surface area contributed by atoms with Gasteiger partial charge in [-0.15, -0.1) is 0 Å². The molecule has 1 atom stereocenters. The predicted molar refractivity (Wildman–Crippen MR) is 71.1 cm³/mol. The number of carbonyl (C=O) groups is 3. The first-order valence-electron chi connectivity index (χ1n) is 5.89. The van der Waals surface area contributed by atoms with E-state index in [1.165, 1.54) is 0 Å². The van der Waals surface area contributed by atoms with Gasteiger partial charge in [0.15, 0.2) is 6.10 Å². The van der Waals surface area contributed by atoms with Crippen LogP contribution in [0.1, 0.15) is 26.2 Å². The molecule has 108 valence electrons. The molecule has 0 bridgehead atoms. The molecule has 0 amide bonds. The van der Waals surface area contributed by atoms with Crippen LogP contribution in [0.3, 0.4) is 0 Å². The Morgan fingerprint density at radius 2 is 1.89 bits per heavy atom. The van der Waals surface area contributed by atoms with E-state index >= 15 is 0 Å². The number of hydrogen-bond donors (Lipinski definition) is 2. The lowest BCUT2D eigenvalue weighted by Gasteiger charge is -2.12. The Morgan fingerprint density at radius 3 is 2.42 bits per heavy atom.